The summed E-state index contributed by atoms with van der Waals surface area (Å²) < 4.78 is 10.5. The first-order valence-electron chi connectivity index (χ1n) is 6.16. The summed E-state index contributed by atoms with van der Waals surface area (Å²) in [5.74, 6) is -0.508. The fourth-order valence-electron chi connectivity index (χ4n) is 2.11. The number of carbonyl (C=O) groups excluding carboxylic acids is 2. The van der Waals surface area contributed by atoms with Crippen LogP contribution in [0.2, 0.25) is 0 Å². The molecule has 3 atom stereocenters. The topological polar surface area (TPSA) is 88.1 Å². The van der Waals surface area contributed by atoms with Gasteiger partial charge in [0.2, 0.25) is 5.91 Å². The van der Waals surface area contributed by atoms with Crippen molar-refractivity contribution in [1.82, 2.24) is 10.2 Å². The van der Waals surface area contributed by atoms with Crippen LogP contribution < -0.4 is 5.32 Å². The quantitative estimate of drug-likeness (QED) is 0.661. The summed E-state index contributed by atoms with van der Waals surface area (Å²) in [6.07, 6.45) is 0.581. The number of amides is 1. The molecule has 0 spiro atoms. The molecule has 0 bridgehead atoms. The number of esters is 1. The smallest absolute Gasteiger partial charge is 0.302 e. The molecule has 106 valence electrons. The third-order valence-corrected chi connectivity index (χ3v) is 3.16. The molecule has 7 heteroatoms. The van der Waals surface area contributed by atoms with Gasteiger partial charge in [-0.25, -0.2) is 0 Å². The molecule has 0 aliphatic carbocycles. The minimum atomic E-state index is -0.685. The van der Waals surface area contributed by atoms with Crippen LogP contribution in [-0.4, -0.2) is 53.6 Å². The van der Waals surface area contributed by atoms with Gasteiger partial charge < -0.3 is 24.8 Å². The van der Waals surface area contributed by atoms with Crippen LogP contribution in [0.5, 0.6) is 0 Å². The highest BCUT2D eigenvalue weighted by Crippen LogP contribution is 2.25. The van der Waals surface area contributed by atoms with Crippen LogP contribution in [0.3, 0.4) is 0 Å². The number of hydrogen-bond donors (Lipinski definition) is 2. The fourth-order valence-corrected chi connectivity index (χ4v) is 2.11. The number of nitrogens with one attached hydrogen (secondary N) is 1. The van der Waals surface area contributed by atoms with E-state index in [1.54, 1.807) is 13.1 Å². The lowest BCUT2D eigenvalue weighted by molar-refractivity contribution is -0.148. The van der Waals surface area contributed by atoms with E-state index in [9.17, 15) is 14.7 Å². The van der Waals surface area contributed by atoms with Crippen molar-refractivity contribution in [3.8, 4) is 0 Å². The van der Waals surface area contributed by atoms with Gasteiger partial charge in [-0.05, 0) is 6.92 Å². The summed E-state index contributed by atoms with van der Waals surface area (Å²) in [5, 5.41) is 12.6. The van der Waals surface area contributed by atoms with Gasteiger partial charge in [0.1, 0.15) is 18.9 Å². The Bertz CT molecular complexity index is 409. The third-order valence-electron chi connectivity index (χ3n) is 3.16. The molecule has 1 amide bonds. The Labute approximate surface area is 111 Å². The SMILES string of the molecule is CC(=O)OCC1OC(N2C=C(C)C(=O)NC2)CC1O. The molecule has 0 radical (unpaired) electrons. The summed E-state index contributed by atoms with van der Waals surface area (Å²) in [6.45, 7) is 3.40. The van der Waals surface area contributed by atoms with Gasteiger partial charge in [0.25, 0.3) is 0 Å². The van der Waals surface area contributed by atoms with Crippen LogP contribution >= 0.6 is 0 Å². The van der Waals surface area contributed by atoms with Crippen molar-refractivity contribution in [2.45, 2.75) is 38.7 Å². The number of nitrogens with zero attached hydrogens (tertiary/aromatic N) is 1. The molecule has 2 heterocycles. The Balaban J connectivity index is 1.93. The minimum absolute atomic E-state index is 0.0376. The van der Waals surface area contributed by atoms with E-state index in [1.807, 2.05) is 4.90 Å². The van der Waals surface area contributed by atoms with Crippen LogP contribution in [-0.2, 0) is 19.1 Å². The van der Waals surface area contributed by atoms with Gasteiger partial charge in [-0.2, -0.15) is 0 Å². The number of rotatable bonds is 3. The monoisotopic (exact) mass is 270 g/mol. The molecule has 2 N–H and O–H groups in total. The molecule has 0 aromatic heterocycles. The van der Waals surface area contributed by atoms with E-state index in [4.69, 9.17) is 9.47 Å². The van der Waals surface area contributed by atoms with E-state index < -0.39 is 18.2 Å². The molecule has 0 aromatic rings. The average Bonchev–Trinajstić information content (AvgIpc) is 2.71. The largest absolute Gasteiger partial charge is 0.463 e. The Morgan fingerprint density at radius 3 is 3.05 bits per heavy atom. The lowest BCUT2D eigenvalue weighted by Crippen LogP contribution is -2.45. The maximum Gasteiger partial charge on any atom is 0.302 e. The van der Waals surface area contributed by atoms with E-state index in [0.29, 0.717) is 18.7 Å². The van der Waals surface area contributed by atoms with Crippen LogP contribution in [0.15, 0.2) is 11.8 Å². The molecule has 0 aromatic carbocycles. The molecule has 1 saturated heterocycles. The Hall–Kier alpha value is -1.60. The normalized spacial score (nSPS) is 30.9. The van der Waals surface area contributed by atoms with Crippen LogP contribution in [0.1, 0.15) is 20.3 Å². The second kappa shape index (κ2) is 5.58. The molecular weight excluding hydrogens is 252 g/mol. The molecule has 3 unspecified atom stereocenters. The van der Waals surface area contributed by atoms with Gasteiger partial charge in [-0.3, -0.25) is 9.59 Å². The van der Waals surface area contributed by atoms with Crippen molar-refractivity contribution < 1.29 is 24.2 Å². The van der Waals surface area contributed by atoms with Gasteiger partial charge in [-0.15, -0.1) is 0 Å². The molecular formula is C12H18N2O5. The van der Waals surface area contributed by atoms with Crippen LogP contribution in [0.25, 0.3) is 0 Å². The van der Waals surface area contributed by atoms with Crippen molar-refractivity contribution in [1.29, 1.82) is 0 Å². The molecule has 2 aliphatic rings. The zero-order valence-corrected chi connectivity index (χ0v) is 11.0. The van der Waals surface area contributed by atoms with Gasteiger partial charge >= 0.3 is 5.97 Å². The molecule has 19 heavy (non-hydrogen) atoms. The Morgan fingerprint density at radius 1 is 1.68 bits per heavy atom. The zero-order chi connectivity index (χ0) is 14.0. The van der Waals surface area contributed by atoms with Gasteiger partial charge in [0.05, 0.1) is 12.8 Å². The molecule has 1 fully saturated rings. The highest BCUT2D eigenvalue weighted by atomic mass is 16.6. The Kier molecular flexibility index (Phi) is 4.06. The van der Waals surface area contributed by atoms with Crippen LogP contribution in [0, 0.1) is 0 Å². The summed E-state index contributed by atoms with van der Waals surface area (Å²) in [7, 11) is 0. The van der Waals surface area contributed by atoms with E-state index in [-0.39, 0.29) is 18.7 Å². The molecule has 0 saturated carbocycles. The second-order valence-corrected chi connectivity index (χ2v) is 4.73. The first-order valence-corrected chi connectivity index (χ1v) is 6.16. The first-order chi connectivity index (χ1) is 8.97. The molecule has 2 rings (SSSR count). The standard InChI is InChI=1S/C12H18N2O5/c1-7-4-14(6-13-12(7)17)11-3-9(16)10(19-11)5-18-8(2)15/h4,9-11,16H,3,5-6H2,1-2H3,(H,13,17). The number of aliphatic hydroxyl groups excluding tert-OH is 1. The third kappa shape index (κ3) is 3.24. The van der Waals surface area contributed by atoms with Gasteiger partial charge in [0, 0.05) is 25.1 Å². The van der Waals surface area contributed by atoms with Crippen molar-refractivity contribution in [2.75, 3.05) is 13.3 Å². The number of hydrogen-bond acceptors (Lipinski definition) is 6. The van der Waals surface area contributed by atoms with Crippen molar-refractivity contribution >= 4 is 11.9 Å². The van der Waals surface area contributed by atoms with Crippen LogP contribution in [0.4, 0.5) is 0 Å². The number of ether oxygens (including phenoxy) is 2. The maximum atomic E-state index is 11.3. The van der Waals surface area contributed by atoms with E-state index in [1.165, 1.54) is 6.92 Å². The summed E-state index contributed by atoms with van der Waals surface area (Å²) >= 11 is 0. The second-order valence-electron chi connectivity index (χ2n) is 4.73. The first kappa shape index (κ1) is 13.8. The predicted octanol–water partition coefficient (Wildman–Crippen LogP) is -0.681. The highest BCUT2D eigenvalue weighted by Gasteiger charge is 2.37. The average molecular weight is 270 g/mol. The van der Waals surface area contributed by atoms with Crippen molar-refractivity contribution in [3.63, 3.8) is 0 Å². The van der Waals surface area contributed by atoms with E-state index >= 15 is 0 Å². The molecule has 2 aliphatic heterocycles. The molecule has 7 nitrogen and oxygen atoms in total. The van der Waals surface area contributed by atoms with Gasteiger partial charge in [-0.1, -0.05) is 0 Å². The summed E-state index contributed by atoms with van der Waals surface area (Å²) in [5.41, 5.74) is 0.591. The summed E-state index contributed by atoms with van der Waals surface area (Å²) in [6, 6.07) is 0. The number of aliphatic hydroxyl groups is 1. The van der Waals surface area contributed by atoms with Crippen molar-refractivity contribution in [3.05, 3.63) is 11.8 Å². The lowest BCUT2D eigenvalue weighted by Gasteiger charge is -2.31. The minimum Gasteiger partial charge on any atom is -0.463 e. The van der Waals surface area contributed by atoms with E-state index in [2.05, 4.69) is 5.32 Å². The summed E-state index contributed by atoms with van der Waals surface area (Å²) in [4.78, 5) is 23.9. The predicted molar refractivity (Wildman–Crippen MR) is 64.5 cm³/mol. The lowest BCUT2D eigenvalue weighted by atomic mass is 10.2. The van der Waals surface area contributed by atoms with E-state index in [0.717, 1.165) is 0 Å². The maximum absolute atomic E-state index is 11.3. The Morgan fingerprint density at radius 2 is 2.42 bits per heavy atom. The van der Waals surface area contributed by atoms with Gasteiger partial charge in [0.15, 0.2) is 0 Å². The zero-order valence-electron chi connectivity index (χ0n) is 11.0. The fraction of sp³-hybridized carbons (Fsp3) is 0.667. The number of carbonyl (C=O) groups is 2. The highest BCUT2D eigenvalue weighted by molar-refractivity contribution is 5.93. The van der Waals surface area contributed by atoms with Crippen molar-refractivity contribution in [2.24, 2.45) is 0 Å².